The number of sulfonamides is 1. The Balaban J connectivity index is 2.25. The molecule has 6 nitrogen and oxygen atoms in total. The van der Waals surface area contributed by atoms with Crippen LogP contribution in [0.1, 0.15) is 18.9 Å². The first kappa shape index (κ1) is 13.5. The molecule has 0 saturated heterocycles. The van der Waals surface area contributed by atoms with Gasteiger partial charge >= 0.3 is 0 Å². The average molecular weight is 317 g/mol. The Hall–Kier alpha value is -1.51. The van der Waals surface area contributed by atoms with Crippen LogP contribution in [0.15, 0.2) is 23.4 Å². The molecule has 1 aliphatic carbocycles. The molecule has 2 aromatic rings. The van der Waals surface area contributed by atoms with Gasteiger partial charge in [-0.1, -0.05) is 11.6 Å². The van der Waals surface area contributed by atoms with Crippen LogP contribution in [0.5, 0.6) is 0 Å². The van der Waals surface area contributed by atoms with Gasteiger partial charge in [0.05, 0.1) is 5.56 Å². The van der Waals surface area contributed by atoms with Crippen LogP contribution >= 0.6 is 11.6 Å². The van der Waals surface area contributed by atoms with Crippen LogP contribution in [0.4, 0.5) is 4.39 Å². The predicted molar refractivity (Wildman–Crippen MR) is 70.1 cm³/mol. The van der Waals surface area contributed by atoms with E-state index >= 15 is 0 Å². The first-order chi connectivity index (χ1) is 9.38. The van der Waals surface area contributed by atoms with E-state index in [0.29, 0.717) is 5.02 Å². The van der Waals surface area contributed by atoms with Crippen LogP contribution < -0.4 is 5.14 Å². The molecule has 1 heterocycles. The third-order valence-electron chi connectivity index (χ3n) is 3.00. The molecule has 1 aliphatic rings. The van der Waals surface area contributed by atoms with E-state index in [-0.39, 0.29) is 22.6 Å². The summed E-state index contributed by atoms with van der Waals surface area (Å²) in [6, 6.07) is 3.90. The number of rotatable bonds is 3. The summed E-state index contributed by atoms with van der Waals surface area (Å²) in [5, 5.41) is 12.4. The van der Waals surface area contributed by atoms with Crippen LogP contribution in [0.2, 0.25) is 5.02 Å². The normalized spacial score (nSPS) is 15.6. The maximum atomic E-state index is 13.9. The molecular formula is C11H10ClFN4O2S. The number of hydrogen-bond acceptors (Lipinski definition) is 4. The van der Waals surface area contributed by atoms with Gasteiger partial charge < -0.3 is 0 Å². The minimum atomic E-state index is -4.01. The van der Waals surface area contributed by atoms with Crippen molar-refractivity contribution in [3.05, 3.63) is 29.0 Å². The third kappa shape index (κ3) is 2.30. The monoisotopic (exact) mass is 316 g/mol. The summed E-state index contributed by atoms with van der Waals surface area (Å²) in [6.45, 7) is 0. The van der Waals surface area contributed by atoms with Gasteiger partial charge in [0.2, 0.25) is 0 Å². The van der Waals surface area contributed by atoms with Gasteiger partial charge in [0.25, 0.3) is 15.2 Å². The summed E-state index contributed by atoms with van der Waals surface area (Å²) in [6.07, 6.45) is 1.55. The standard InChI is InChI=1S/C11H10ClFN4O2S/c12-6-1-4-9(13)8(5-6)10-15-16-11(20(14,18)19)17(10)7-2-3-7/h1,4-5,7H,2-3H2,(H2,14,18,19). The second-order valence-electron chi connectivity index (χ2n) is 4.58. The minimum absolute atomic E-state index is 0.0771. The maximum Gasteiger partial charge on any atom is 0.273 e. The van der Waals surface area contributed by atoms with E-state index in [4.69, 9.17) is 16.7 Å². The van der Waals surface area contributed by atoms with E-state index in [0.717, 1.165) is 12.8 Å². The van der Waals surface area contributed by atoms with Crippen LogP contribution in [-0.4, -0.2) is 23.2 Å². The zero-order chi connectivity index (χ0) is 14.5. The molecule has 1 aromatic heterocycles. The third-order valence-corrected chi connectivity index (χ3v) is 4.02. The smallest absolute Gasteiger partial charge is 0.273 e. The highest BCUT2D eigenvalue weighted by Gasteiger charge is 2.34. The first-order valence-electron chi connectivity index (χ1n) is 5.81. The van der Waals surface area contributed by atoms with Crippen molar-refractivity contribution in [3.63, 3.8) is 0 Å². The fourth-order valence-corrected chi connectivity index (χ4v) is 2.82. The Morgan fingerprint density at radius 2 is 2.05 bits per heavy atom. The summed E-state index contributed by atoms with van der Waals surface area (Å²) in [5.41, 5.74) is 0.104. The molecule has 106 valence electrons. The molecule has 0 amide bonds. The molecule has 0 unspecified atom stereocenters. The maximum absolute atomic E-state index is 13.9. The van der Waals surface area contributed by atoms with Gasteiger partial charge in [0, 0.05) is 11.1 Å². The number of halogens is 2. The number of benzene rings is 1. The fraction of sp³-hybridized carbons (Fsp3) is 0.273. The van der Waals surface area contributed by atoms with Gasteiger partial charge in [-0.05, 0) is 31.0 Å². The average Bonchev–Trinajstić information content (AvgIpc) is 3.09. The van der Waals surface area contributed by atoms with E-state index in [9.17, 15) is 12.8 Å². The minimum Gasteiger partial charge on any atom is -0.294 e. The van der Waals surface area contributed by atoms with E-state index in [1.165, 1.54) is 22.8 Å². The lowest BCUT2D eigenvalue weighted by Gasteiger charge is -2.08. The molecule has 1 aromatic carbocycles. The highest BCUT2D eigenvalue weighted by molar-refractivity contribution is 7.89. The van der Waals surface area contributed by atoms with Crippen molar-refractivity contribution in [2.45, 2.75) is 24.0 Å². The molecule has 9 heteroatoms. The van der Waals surface area contributed by atoms with Gasteiger partial charge in [-0.2, -0.15) is 0 Å². The van der Waals surface area contributed by atoms with Crippen molar-refractivity contribution < 1.29 is 12.8 Å². The Morgan fingerprint density at radius 1 is 1.35 bits per heavy atom. The lowest BCUT2D eigenvalue weighted by molar-refractivity contribution is 0.566. The quantitative estimate of drug-likeness (QED) is 0.933. The molecule has 0 aliphatic heterocycles. The van der Waals surface area contributed by atoms with Crippen molar-refractivity contribution in [3.8, 4) is 11.4 Å². The van der Waals surface area contributed by atoms with Crippen LogP contribution in [0.3, 0.4) is 0 Å². The summed E-state index contributed by atoms with van der Waals surface area (Å²) >= 11 is 5.84. The second-order valence-corrected chi connectivity index (χ2v) is 6.47. The SMILES string of the molecule is NS(=O)(=O)c1nnc(-c2cc(Cl)ccc2F)n1C1CC1. The van der Waals surface area contributed by atoms with Crippen molar-refractivity contribution in [1.29, 1.82) is 0 Å². The number of hydrogen-bond donors (Lipinski definition) is 1. The summed E-state index contributed by atoms with van der Waals surface area (Å²) in [5.74, 6) is -0.429. The second kappa shape index (κ2) is 4.51. The molecule has 1 saturated carbocycles. The van der Waals surface area contributed by atoms with Crippen molar-refractivity contribution in [2.75, 3.05) is 0 Å². The summed E-state index contributed by atoms with van der Waals surface area (Å²) in [4.78, 5) is 0. The highest BCUT2D eigenvalue weighted by atomic mass is 35.5. The van der Waals surface area contributed by atoms with Crippen LogP contribution in [0, 0.1) is 5.82 Å². The Labute approximate surface area is 119 Å². The topological polar surface area (TPSA) is 90.9 Å². The molecule has 0 atom stereocenters. The van der Waals surface area contributed by atoms with Crippen molar-refractivity contribution in [1.82, 2.24) is 14.8 Å². The van der Waals surface area contributed by atoms with E-state index in [1.807, 2.05) is 0 Å². The van der Waals surface area contributed by atoms with E-state index in [2.05, 4.69) is 10.2 Å². The molecule has 3 rings (SSSR count). The Bertz CT molecular complexity index is 786. The Kier molecular flexibility index (Phi) is 3.03. The lowest BCUT2D eigenvalue weighted by atomic mass is 10.2. The largest absolute Gasteiger partial charge is 0.294 e. The highest BCUT2D eigenvalue weighted by Crippen LogP contribution is 2.40. The summed E-state index contributed by atoms with van der Waals surface area (Å²) in [7, 11) is -4.01. The summed E-state index contributed by atoms with van der Waals surface area (Å²) < 4.78 is 38.3. The molecule has 0 spiro atoms. The molecular weight excluding hydrogens is 307 g/mol. The molecule has 2 N–H and O–H groups in total. The Morgan fingerprint density at radius 3 is 2.65 bits per heavy atom. The van der Waals surface area contributed by atoms with Crippen LogP contribution in [0.25, 0.3) is 11.4 Å². The van der Waals surface area contributed by atoms with Crippen LogP contribution in [-0.2, 0) is 10.0 Å². The fourth-order valence-electron chi connectivity index (χ4n) is 1.99. The zero-order valence-electron chi connectivity index (χ0n) is 10.1. The number of nitrogens with zero attached hydrogens (tertiary/aromatic N) is 3. The predicted octanol–water partition coefficient (Wildman–Crippen LogP) is 1.72. The molecule has 1 fully saturated rings. The van der Waals surface area contributed by atoms with Gasteiger partial charge in [-0.15, -0.1) is 10.2 Å². The lowest BCUT2D eigenvalue weighted by Crippen LogP contribution is -2.18. The van der Waals surface area contributed by atoms with E-state index in [1.54, 1.807) is 0 Å². The van der Waals surface area contributed by atoms with E-state index < -0.39 is 15.8 Å². The van der Waals surface area contributed by atoms with Gasteiger partial charge in [0.15, 0.2) is 5.82 Å². The van der Waals surface area contributed by atoms with Gasteiger partial charge in [0.1, 0.15) is 5.82 Å². The van der Waals surface area contributed by atoms with Crippen molar-refractivity contribution in [2.24, 2.45) is 5.14 Å². The first-order valence-corrected chi connectivity index (χ1v) is 7.73. The number of aromatic nitrogens is 3. The van der Waals surface area contributed by atoms with Gasteiger partial charge in [-0.25, -0.2) is 17.9 Å². The number of nitrogens with two attached hydrogens (primary N) is 1. The van der Waals surface area contributed by atoms with Gasteiger partial charge in [-0.3, -0.25) is 4.57 Å². The molecule has 0 bridgehead atoms. The molecule has 20 heavy (non-hydrogen) atoms. The molecule has 0 radical (unpaired) electrons. The number of primary sulfonamides is 1. The van der Waals surface area contributed by atoms with Crippen molar-refractivity contribution >= 4 is 21.6 Å². The zero-order valence-corrected chi connectivity index (χ0v) is 11.7.